The van der Waals surface area contributed by atoms with Crippen LogP contribution in [-0.4, -0.2) is 6.10 Å². The van der Waals surface area contributed by atoms with Gasteiger partial charge in [-0.1, -0.05) is 30.3 Å². The van der Waals surface area contributed by atoms with Crippen molar-refractivity contribution < 1.29 is 4.74 Å². The van der Waals surface area contributed by atoms with Gasteiger partial charge < -0.3 is 4.74 Å². The van der Waals surface area contributed by atoms with Gasteiger partial charge in [0.15, 0.2) is 0 Å². The van der Waals surface area contributed by atoms with Crippen LogP contribution in [0.1, 0.15) is 17.9 Å². The summed E-state index contributed by atoms with van der Waals surface area (Å²) in [6.45, 7) is 0. The van der Waals surface area contributed by atoms with Gasteiger partial charge in [-0.15, -0.1) is 0 Å². The molecule has 0 aromatic heterocycles. The number of ether oxygens (including phenoxy) is 1. The molecule has 1 unspecified atom stereocenters. The molecule has 1 aliphatic rings. The van der Waals surface area contributed by atoms with Crippen LogP contribution in [0.2, 0.25) is 0 Å². The molecule has 0 spiro atoms. The number of benzene rings is 1. The summed E-state index contributed by atoms with van der Waals surface area (Å²) in [7, 11) is 0. The predicted octanol–water partition coefficient (Wildman–Crippen LogP) is 2.04. The Balaban J connectivity index is 2.03. The molecular weight excluding hydrogens is 150 g/mol. The maximum Gasteiger partial charge on any atom is 0.286 e. The zero-order chi connectivity index (χ0) is 8.39. The van der Waals surface area contributed by atoms with E-state index in [1.54, 1.807) is 6.26 Å². The molecule has 0 bridgehead atoms. The molecule has 0 heterocycles. The van der Waals surface area contributed by atoms with Crippen molar-refractivity contribution in [1.82, 2.24) is 0 Å². The highest BCUT2D eigenvalue weighted by Gasteiger charge is 2.40. The number of hydrogen-bond donors (Lipinski definition) is 0. The molecule has 1 aliphatic carbocycles. The summed E-state index contributed by atoms with van der Waals surface area (Å²) in [5.41, 5.74) is 1.28. The topological polar surface area (TPSA) is 33.0 Å². The molecule has 0 N–H and O–H groups in total. The molecule has 2 atom stereocenters. The van der Waals surface area contributed by atoms with Crippen LogP contribution in [0.25, 0.3) is 0 Å². The van der Waals surface area contributed by atoms with Gasteiger partial charge in [-0.05, 0) is 12.0 Å². The molecule has 0 radical (unpaired) electrons. The van der Waals surface area contributed by atoms with E-state index >= 15 is 0 Å². The van der Waals surface area contributed by atoms with Gasteiger partial charge in [-0.3, -0.25) is 0 Å². The van der Waals surface area contributed by atoms with Crippen LogP contribution in [0.5, 0.6) is 0 Å². The van der Waals surface area contributed by atoms with Gasteiger partial charge in [0.1, 0.15) is 6.10 Å². The van der Waals surface area contributed by atoms with Crippen molar-refractivity contribution in [2.24, 2.45) is 0 Å². The van der Waals surface area contributed by atoms with Crippen molar-refractivity contribution in [1.29, 1.82) is 5.26 Å². The molecule has 2 rings (SSSR count). The third-order valence-corrected chi connectivity index (χ3v) is 2.16. The number of nitrogens with zero attached hydrogens (tertiary/aromatic N) is 1. The fraction of sp³-hybridized carbons (Fsp3) is 0.300. The van der Waals surface area contributed by atoms with Gasteiger partial charge in [-0.25, -0.2) is 0 Å². The number of nitriles is 1. The van der Waals surface area contributed by atoms with Crippen molar-refractivity contribution in [2.75, 3.05) is 0 Å². The molecule has 2 heteroatoms. The summed E-state index contributed by atoms with van der Waals surface area (Å²) >= 11 is 0. The Morgan fingerprint density at radius 1 is 1.33 bits per heavy atom. The van der Waals surface area contributed by atoms with E-state index in [4.69, 9.17) is 10.00 Å². The summed E-state index contributed by atoms with van der Waals surface area (Å²) in [5, 5.41) is 8.27. The predicted molar refractivity (Wildman–Crippen MR) is 44.3 cm³/mol. The SMILES string of the molecule is N#CO[C@H]1CC1c1ccccc1. The summed E-state index contributed by atoms with van der Waals surface area (Å²) in [6, 6.07) is 10.2. The Morgan fingerprint density at radius 2 is 2.08 bits per heavy atom. The molecule has 0 amide bonds. The van der Waals surface area contributed by atoms with Gasteiger partial charge in [0, 0.05) is 5.92 Å². The number of hydrogen-bond acceptors (Lipinski definition) is 2. The van der Waals surface area contributed by atoms with E-state index in [-0.39, 0.29) is 6.10 Å². The number of rotatable bonds is 2. The van der Waals surface area contributed by atoms with E-state index < -0.39 is 0 Å². The Morgan fingerprint density at radius 3 is 2.75 bits per heavy atom. The third-order valence-electron chi connectivity index (χ3n) is 2.16. The van der Waals surface area contributed by atoms with Crippen LogP contribution in [0, 0.1) is 11.5 Å². The highest BCUT2D eigenvalue weighted by Crippen LogP contribution is 2.42. The summed E-state index contributed by atoms with van der Waals surface area (Å²) in [6.07, 6.45) is 2.85. The summed E-state index contributed by atoms with van der Waals surface area (Å²) in [5.74, 6) is 0.450. The van der Waals surface area contributed by atoms with Crippen LogP contribution < -0.4 is 0 Å². The molecule has 1 aromatic carbocycles. The smallest absolute Gasteiger partial charge is 0.286 e. The summed E-state index contributed by atoms with van der Waals surface area (Å²) in [4.78, 5) is 0. The molecule has 2 nitrogen and oxygen atoms in total. The van der Waals surface area contributed by atoms with Crippen LogP contribution in [0.4, 0.5) is 0 Å². The minimum absolute atomic E-state index is 0.136. The second-order valence-corrected chi connectivity index (χ2v) is 3.00. The second kappa shape index (κ2) is 2.86. The van der Waals surface area contributed by atoms with Crippen LogP contribution in [0.15, 0.2) is 30.3 Å². The zero-order valence-electron chi connectivity index (χ0n) is 6.60. The molecular formula is C10H9NO. The monoisotopic (exact) mass is 159 g/mol. The minimum Gasteiger partial charge on any atom is -0.424 e. The Bertz CT molecular complexity index is 301. The van der Waals surface area contributed by atoms with E-state index in [0.29, 0.717) is 5.92 Å². The van der Waals surface area contributed by atoms with Crippen LogP contribution in [0.3, 0.4) is 0 Å². The maximum absolute atomic E-state index is 8.27. The van der Waals surface area contributed by atoms with Gasteiger partial charge >= 0.3 is 0 Å². The van der Waals surface area contributed by atoms with Crippen molar-refractivity contribution in [3.8, 4) is 6.26 Å². The van der Waals surface area contributed by atoms with E-state index in [1.165, 1.54) is 5.56 Å². The Hall–Kier alpha value is -1.49. The third kappa shape index (κ3) is 1.26. The lowest BCUT2D eigenvalue weighted by Gasteiger charge is -1.96. The van der Waals surface area contributed by atoms with Gasteiger partial charge in [0.2, 0.25) is 0 Å². The molecule has 60 valence electrons. The second-order valence-electron chi connectivity index (χ2n) is 3.00. The minimum atomic E-state index is 0.136. The fourth-order valence-electron chi connectivity index (χ4n) is 1.42. The first-order valence-corrected chi connectivity index (χ1v) is 4.01. The van der Waals surface area contributed by atoms with Crippen molar-refractivity contribution in [3.63, 3.8) is 0 Å². The van der Waals surface area contributed by atoms with Crippen LogP contribution in [-0.2, 0) is 4.74 Å². The Kier molecular flexibility index (Phi) is 1.71. The maximum atomic E-state index is 8.27. The quantitative estimate of drug-likeness (QED) is 0.618. The van der Waals surface area contributed by atoms with E-state index in [0.717, 1.165) is 6.42 Å². The standard InChI is InChI=1S/C10H9NO/c11-7-12-10-6-9(10)8-4-2-1-3-5-8/h1-5,9-10H,6H2/t9?,10-/m0/s1. The summed E-state index contributed by atoms with van der Waals surface area (Å²) < 4.78 is 4.83. The lowest BCUT2D eigenvalue weighted by molar-refractivity contribution is 0.249. The van der Waals surface area contributed by atoms with Crippen molar-refractivity contribution in [3.05, 3.63) is 35.9 Å². The van der Waals surface area contributed by atoms with Crippen molar-refractivity contribution in [2.45, 2.75) is 18.4 Å². The lowest BCUT2D eigenvalue weighted by atomic mass is 10.1. The Labute approximate surface area is 71.4 Å². The first kappa shape index (κ1) is 7.17. The van der Waals surface area contributed by atoms with Crippen LogP contribution >= 0.6 is 0 Å². The van der Waals surface area contributed by atoms with E-state index in [2.05, 4.69) is 12.1 Å². The highest BCUT2D eigenvalue weighted by atomic mass is 16.5. The normalized spacial score (nSPS) is 25.9. The molecule has 1 fully saturated rings. The fourth-order valence-corrected chi connectivity index (χ4v) is 1.42. The molecule has 0 aliphatic heterocycles. The lowest BCUT2D eigenvalue weighted by Crippen LogP contribution is -1.89. The average Bonchev–Trinajstić information content (AvgIpc) is 2.87. The first-order chi connectivity index (χ1) is 5.92. The largest absolute Gasteiger partial charge is 0.424 e. The van der Waals surface area contributed by atoms with E-state index in [1.807, 2.05) is 18.2 Å². The molecule has 1 aromatic rings. The average molecular weight is 159 g/mol. The molecule has 1 saturated carbocycles. The molecule has 12 heavy (non-hydrogen) atoms. The van der Waals surface area contributed by atoms with Gasteiger partial charge in [0.25, 0.3) is 6.26 Å². The van der Waals surface area contributed by atoms with E-state index in [9.17, 15) is 0 Å². The van der Waals surface area contributed by atoms with Gasteiger partial charge in [0.05, 0.1) is 0 Å². The molecule has 0 saturated heterocycles. The van der Waals surface area contributed by atoms with Crippen molar-refractivity contribution >= 4 is 0 Å². The zero-order valence-corrected chi connectivity index (χ0v) is 6.60. The van der Waals surface area contributed by atoms with Gasteiger partial charge in [-0.2, -0.15) is 5.26 Å². The first-order valence-electron chi connectivity index (χ1n) is 4.01. The highest BCUT2D eigenvalue weighted by molar-refractivity contribution is 5.26.